The van der Waals surface area contributed by atoms with Crippen molar-refractivity contribution in [2.45, 2.75) is 180 Å². The van der Waals surface area contributed by atoms with Crippen molar-refractivity contribution in [3.63, 3.8) is 0 Å². The van der Waals surface area contributed by atoms with Gasteiger partial charge in [-0.1, -0.05) is 114 Å². The second-order valence-corrected chi connectivity index (χ2v) is 17.3. The minimum Gasteiger partial charge on any atom is -0.462 e. The van der Waals surface area contributed by atoms with E-state index in [0.717, 1.165) is 64.2 Å². The molecule has 0 aromatic heterocycles. The maximum atomic E-state index is 12.7. The van der Waals surface area contributed by atoms with Crippen LogP contribution in [0.25, 0.3) is 0 Å². The molecule has 0 radical (unpaired) electrons. The molecule has 0 aromatic carbocycles. The van der Waals surface area contributed by atoms with E-state index >= 15 is 0 Å². The second kappa shape index (κ2) is 34.7. The highest BCUT2D eigenvalue weighted by Crippen LogP contribution is 2.44. The Morgan fingerprint density at radius 2 is 1.07 bits per heavy atom. The van der Waals surface area contributed by atoms with E-state index < -0.39 is 66.2 Å². The van der Waals surface area contributed by atoms with Gasteiger partial charge in [-0.2, -0.15) is 0 Å². The summed E-state index contributed by atoms with van der Waals surface area (Å²) in [6.07, 6.45) is 35.6. The number of ether oxygens (including phenoxy) is 3. The summed E-state index contributed by atoms with van der Waals surface area (Å²) >= 11 is 0. The Hall–Kier alpha value is -1.96. The first kappa shape index (κ1) is 54.1. The van der Waals surface area contributed by atoms with Gasteiger partial charge in [-0.15, -0.1) is 0 Å². The Morgan fingerprint density at radius 1 is 0.586 bits per heavy atom. The summed E-state index contributed by atoms with van der Waals surface area (Å²) in [5.74, 6) is -1.12. The molecule has 0 spiro atoms. The fourth-order valence-electron chi connectivity index (χ4n) is 5.67. The molecule has 1 saturated heterocycles. The molecule has 0 aromatic rings. The van der Waals surface area contributed by atoms with Crippen LogP contribution in [0.4, 0.5) is 0 Å². The number of aliphatic hydroxyl groups excluding tert-OH is 1. The van der Waals surface area contributed by atoms with E-state index in [-0.39, 0.29) is 25.0 Å². The molecule has 1 aliphatic heterocycles. The van der Waals surface area contributed by atoms with Crippen LogP contribution in [0.5, 0.6) is 0 Å². The Balaban J connectivity index is 2.43. The van der Waals surface area contributed by atoms with Crippen LogP contribution in [0.1, 0.15) is 155 Å². The zero-order chi connectivity index (χ0) is 42.7. The fraction of sp³-hybridized carbons (Fsp3) is 0.762. The van der Waals surface area contributed by atoms with Crippen LogP contribution < -0.4 is 0 Å². The summed E-state index contributed by atoms with van der Waals surface area (Å²) in [5.41, 5.74) is 0. The Kier molecular flexibility index (Phi) is 32.4. The number of allylic oxidation sites excluding steroid dienone is 6. The summed E-state index contributed by atoms with van der Waals surface area (Å²) in [4.78, 5) is 52.7. The molecule has 5 atom stereocenters. The standard InChI is InChI=1S/C42H74O14P2/c1-3-5-7-9-11-13-14-15-16-18-20-22-27-31-41(44)51-35-38(36-54-58(49,50)53-34-37(43)33-52-57(46,47)48)55-42(45)32-28-24-23-26-30-40-39(56-40)29-25-21-19-17-12-10-8-6-4-2/h12-14,17,21,23,25-26,37-40,43H,3-11,15-16,18-20,22,24,27-36H2,1-2H3,(H,49,50)(H2,46,47,48)/b14-13-,17-12-,25-21-,26-23-/t37-,38+,39?,40?/m0/s1. The molecular weight excluding hydrogens is 790 g/mol. The lowest BCUT2D eigenvalue weighted by Crippen LogP contribution is -2.29. The van der Waals surface area contributed by atoms with Crippen molar-refractivity contribution in [3.8, 4) is 0 Å². The zero-order valence-electron chi connectivity index (χ0n) is 35.1. The predicted molar refractivity (Wildman–Crippen MR) is 225 cm³/mol. The van der Waals surface area contributed by atoms with Crippen LogP contribution in [0, 0.1) is 0 Å². The molecule has 0 bridgehead atoms. The number of carbonyl (C=O) groups is 2. The predicted octanol–water partition coefficient (Wildman–Crippen LogP) is 9.66. The van der Waals surface area contributed by atoms with Gasteiger partial charge in [0.1, 0.15) is 12.7 Å². The third-order valence-corrected chi connectivity index (χ3v) is 10.5. The molecule has 0 amide bonds. The largest absolute Gasteiger partial charge is 0.472 e. The van der Waals surface area contributed by atoms with Gasteiger partial charge in [0.25, 0.3) is 0 Å². The number of hydrogen-bond acceptors (Lipinski definition) is 11. The number of carbonyl (C=O) groups excluding carboxylic acids is 2. The van der Waals surface area contributed by atoms with Crippen LogP contribution in [0.3, 0.4) is 0 Å². The quantitative estimate of drug-likeness (QED) is 0.0149. The average Bonchev–Trinajstić information content (AvgIpc) is 3.94. The normalized spacial score (nSPS) is 18.0. The smallest absolute Gasteiger partial charge is 0.462 e. The van der Waals surface area contributed by atoms with Gasteiger partial charge in [0.15, 0.2) is 6.10 Å². The molecule has 1 fully saturated rings. The van der Waals surface area contributed by atoms with E-state index in [2.05, 4.69) is 59.4 Å². The first-order chi connectivity index (χ1) is 27.8. The third kappa shape index (κ3) is 34.9. The highest BCUT2D eigenvalue weighted by molar-refractivity contribution is 7.47. The van der Waals surface area contributed by atoms with Crippen LogP contribution >= 0.6 is 15.6 Å². The number of epoxide rings is 1. The van der Waals surface area contributed by atoms with Crippen molar-refractivity contribution in [1.82, 2.24) is 0 Å². The van der Waals surface area contributed by atoms with Crippen LogP contribution in [0.2, 0.25) is 0 Å². The van der Waals surface area contributed by atoms with Gasteiger partial charge in [-0.3, -0.25) is 23.2 Å². The van der Waals surface area contributed by atoms with Gasteiger partial charge in [0.05, 0.1) is 32.0 Å². The van der Waals surface area contributed by atoms with Gasteiger partial charge in [-0.25, -0.2) is 9.13 Å². The Labute approximate surface area is 347 Å². The Bertz CT molecular complexity index is 1280. The molecule has 3 unspecified atom stereocenters. The maximum absolute atomic E-state index is 12.7. The number of esters is 2. The minimum absolute atomic E-state index is 0.0446. The molecule has 1 heterocycles. The van der Waals surface area contributed by atoms with Gasteiger partial charge in [-0.05, 0) is 77.0 Å². The van der Waals surface area contributed by atoms with E-state index in [1.807, 2.05) is 12.2 Å². The number of hydrogen-bond donors (Lipinski definition) is 4. The minimum atomic E-state index is -4.87. The number of aliphatic hydroxyl groups is 1. The SMILES string of the molecule is CCCCC/C=C\C/C=C\CC1OC1C/C=C\CCCC(=O)O[C@H](COC(=O)CCCCCCC/C=C\CCCCCC)COP(=O)(O)OC[C@@H](O)COP(=O)(O)O. The third-order valence-electron chi connectivity index (χ3n) is 9.08. The summed E-state index contributed by atoms with van der Waals surface area (Å²) < 4.78 is 53.4. The highest BCUT2D eigenvalue weighted by Gasteiger charge is 2.36. The lowest BCUT2D eigenvalue weighted by atomic mass is 10.1. The topological polar surface area (TPSA) is 208 Å². The van der Waals surface area contributed by atoms with Crippen LogP contribution in [0.15, 0.2) is 48.6 Å². The average molecular weight is 865 g/mol. The summed E-state index contributed by atoms with van der Waals surface area (Å²) in [5, 5.41) is 9.74. The number of phosphoric ester groups is 2. The van der Waals surface area contributed by atoms with Crippen molar-refractivity contribution in [1.29, 1.82) is 0 Å². The second-order valence-electron chi connectivity index (χ2n) is 14.6. The maximum Gasteiger partial charge on any atom is 0.472 e. The van der Waals surface area contributed by atoms with E-state index in [4.69, 9.17) is 28.5 Å². The first-order valence-electron chi connectivity index (χ1n) is 21.5. The fourth-order valence-corrected chi connectivity index (χ4v) is 6.83. The zero-order valence-corrected chi connectivity index (χ0v) is 36.9. The highest BCUT2D eigenvalue weighted by atomic mass is 31.2. The number of rotatable bonds is 39. The van der Waals surface area contributed by atoms with Crippen molar-refractivity contribution >= 4 is 27.6 Å². The molecule has 16 heteroatoms. The first-order valence-corrected chi connectivity index (χ1v) is 24.5. The van der Waals surface area contributed by atoms with E-state index in [0.29, 0.717) is 19.3 Å². The van der Waals surface area contributed by atoms with E-state index in [1.165, 1.54) is 44.9 Å². The molecule has 4 N–H and O–H groups in total. The molecule has 1 aliphatic rings. The monoisotopic (exact) mass is 864 g/mol. The van der Waals surface area contributed by atoms with Gasteiger partial charge < -0.3 is 34.0 Å². The lowest BCUT2D eigenvalue weighted by molar-refractivity contribution is -0.161. The summed E-state index contributed by atoms with van der Waals surface area (Å²) in [6, 6.07) is 0. The van der Waals surface area contributed by atoms with Crippen molar-refractivity contribution < 1.29 is 66.3 Å². The number of phosphoric acid groups is 2. The number of unbranched alkanes of at least 4 members (excludes halogenated alkanes) is 13. The van der Waals surface area contributed by atoms with Crippen LogP contribution in [-0.2, 0) is 46.5 Å². The Morgan fingerprint density at radius 3 is 1.74 bits per heavy atom. The molecule has 1 rings (SSSR count). The molecule has 336 valence electrons. The van der Waals surface area contributed by atoms with E-state index in [1.54, 1.807) is 0 Å². The van der Waals surface area contributed by atoms with Gasteiger partial charge >= 0.3 is 27.6 Å². The molecule has 0 aliphatic carbocycles. The molecule has 0 saturated carbocycles. The van der Waals surface area contributed by atoms with Crippen molar-refractivity contribution in [3.05, 3.63) is 48.6 Å². The van der Waals surface area contributed by atoms with Gasteiger partial charge in [0, 0.05) is 12.8 Å². The van der Waals surface area contributed by atoms with Crippen molar-refractivity contribution in [2.75, 3.05) is 26.4 Å². The molecular formula is C42H74O14P2. The van der Waals surface area contributed by atoms with Crippen molar-refractivity contribution in [2.24, 2.45) is 0 Å². The van der Waals surface area contributed by atoms with Crippen LogP contribution in [-0.4, -0.2) is 82.6 Å². The summed E-state index contributed by atoms with van der Waals surface area (Å²) in [7, 11) is -9.70. The lowest BCUT2D eigenvalue weighted by Gasteiger charge is -2.20. The molecule has 58 heavy (non-hydrogen) atoms. The molecule has 14 nitrogen and oxygen atoms in total. The summed E-state index contributed by atoms with van der Waals surface area (Å²) in [6.45, 7) is 1.62. The van der Waals surface area contributed by atoms with E-state index in [9.17, 15) is 28.7 Å². The van der Waals surface area contributed by atoms with Gasteiger partial charge in [0.2, 0.25) is 0 Å².